The fourth-order valence-corrected chi connectivity index (χ4v) is 0.741. The van der Waals surface area contributed by atoms with Gasteiger partial charge in [-0.05, 0) is 6.92 Å². The van der Waals surface area contributed by atoms with E-state index in [2.05, 4.69) is 25.6 Å². The quantitative estimate of drug-likeness (QED) is 0.585. The van der Waals surface area contributed by atoms with Crippen LogP contribution in [0.4, 0.5) is 17.8 Å². The Morgan fingerprint density at radius 3 is 2.50 bits per heavy atom. The molecule has 6 heteroatoms. The molecule has 0 radical (unpaired) electrons. The number of anilines is 3. The average molecular weight is 168 g/mol. The number of aromatic nitrogens is 3. The summed E-state index contributed by atoms with van der Waals surface area (Å²) in [6, 6.07) is 0. The van der Waals surface area contributed by atoms with Crippen molar-refractivity contribution in [2.75, 3.05) is 30.0 Å². The Morgan fingerprint density at radius 2 is 1.92 bits per heavy atom. The molecule has 1 heterocycles. The Labute approximate surface area is 70.6 Å². The molecule has 4 N–H and O–H groups in total. The number of nitrogen functional groups attached to an aromatic ring is 1. The highest BCUT2D eigenvalue weighted by atomic mass is 15.2. The first-order chi connectivity index (χ1) is 5.76. The number of nitrogens with zero attached hydrogens (tertiary/aromatic N) is 3. The highest BCUT2D eigenvalue weighted by Gasteiger charge is 1.99. The van der Waals surface area contributed by atoms with Crippen molar-refractivity contribution in [3.05, 3.63) is 0 Å². The fourth-order valence-electron chi connectivity index (χ4n) is 0.741. The van der Waals surface area contributed by atoms with Crippen LogP contribution in [0, 0.1) is 0 Å². The Kier molecular flexibility index (Phi) is 2.62. The summed E-state index contributed by atoms with van der Waals surface area (Å²) in [7, 11) is 1.73. The van der Waals surface area contributed by atoms with Crippen molar-refractivity contribution in [1.82, 2.24) is 15.0 Å². The van der Waals surface area contributed by atoms with Gasteiger partial charge in [-0.3, -0.25) is 0 Å². The van der Waals surface area contributed by atoms with Gasteiger partial charge in [0.2, 0.25) is 17.8 Å². The van der Waals surface area contributed by atoms with Gasteiger partial charge in [0, 0.05) is 13.6 Å². The van der Waals surface area contributed by atoms with E-state index in [1.54, 1.807) is 7.05 Å². The summed E-state index contributed by atoms with van der Waals surface area (Å²) in [5, 5.41) is 5.73. The second-order valence-electron chi connectivity index (χ2n) is 2.12. The van der Waals surface area contributed by atoms with Gasteiger partial charge in [-0.25, -0.2) is 0 Å². The number of nitrogens with one attached hydrogen (secondary N) is 2. The zero-order valence-corrected chi connectivity index (χ0v) is 7.13. The third kappa shape index (κ3) is 1.94. The average Bonchev–Trinajstić information content (AvgIpc) is 2.04. The molecule has 12 heavy (non-hydrogen) atoms. The lowest BCUT2D eigenvalue weighted by Crippen LogP contribution is -2.08. The molecule has 0 saturated carbocycles. The van der Waals surface area contributed by atoms with Crippen molar-refractivity contribution in [3.63, 3.8) is 0 Å². The SMILES string of the molecule is CCNc1nc(N)nc(NC)n1. The molecule has 1 aromatic rings. The molecule has 0 aliphatic carbocycles. The van der Waals surface area contributed by atoms with Crippen LogP contribution in [0.15, 0.2) is 0 Å². The molecule has 0 unspecified atom stereocenters. The maximum Gasteiger partial charge on any atom is 0.229 e. The van der Waals surface area contributed by atoms with Gasteiger partial charge >= 0.3 is 0 Å². The lowest BCUT2D eigenvalue weighted by molar-refractivity contribution is 1.03. The predicted molar refractivity (Wildman–Crippen MR) is 47.9 cm³/mol. The highest BCUT2D eigenvalue weighted by Crippen LogP contribution is 2.04. The van der Waals surface area contributed by atoms with Crippen molar-refractivity contribution in [2.45, 2.75) is 6.92 Å². The third-order valence-electron chi connectivity index (χ3n) is 1.21. The van der Waals surface area contributed by atoms with Crippen molar-refractivity contribution < 1.29 is 0 Å². The molecule has 0 aliphatic heterocycles. The Bertz CT molecular complexity index is 260. The molecule has 6 nitrogen and oxygen atoms in total. The zero-order chi connectivity index (χ0) is 8.97. The van der Waals surface area contributed by atoms with Gasteiger partial charge in [0.1, 0.15) is 0 Å². The molecule has 0 fully saturated rings. The molecular formula is C6H12N6. The zero-order valence-electron chi connectivity index (χ0n) is 7.13. The van der Waals surface area contributed by atoms with E-state index in [9.17, 15) is 0 Å². The summed E-state index contributed by atoms with van der Waals surface area (Å²) >= 11 is 0. The Morgan fingerprint density at radius 1 is 1.25 bits per heavy atom. The molecule has 0 spiro atoms. The first kappa shape index (κ1) is 8.51. The smallest absolute Gasteiger partial charge is 0.229 e. The van der Waals surface area contributed by atoms with E-state index in [1.807, 2.05) is 6.92 Å². The van der Waals surface area contributed by atoms with Gasteiger partial charge in [-0.1, -0.05) is 0 Å². The molecular weight excluding hydrogens is 156 g/mol. The molecule has 66 valence electrons. The molecule has 0 aliphatic rings. The van der Waals surface area contributed by atoms with Gasteiger partial charge in [-0.2, -0.15) is 15.0 Å². The number of nitrogens with two attached hydrogens (primary N) is 1. The van der Waals surface area contributed by atoms with Gasteiger partial charge in [0.05, 0.1) is 0 Å². The largest absolute Gasteiger partial charge is 0.368 e. The van der Waals surface area contributed by atoms with E-state index in [1.165, 1.54) is 0 Å². The predicted octanol–water partition coefficient (Wildman–Crippen LogP) is -0.0727. The van der Waals surface area contributed by atoms with Crippen LogP contribution < -0.4 is 16.4 Å². The lowest BCUT2D eigenvalue weighted by atomic mass is 10.7. The summed E-state index contributed by atoms with van der Waals surface area (Å²) in [5.41, 5.74) is 5.42. The van der Waals surface area contributed by atoms with Crippen LogP contribution in [0.5, 0.6) is 0 Å². The molecule has 0 amide bonds. The van der Waals surface area contributed by atoms with E-state index in [-0.39, 0.29) is 5.95 Å². The van der Waals surface area contributed by atoms with Crippen LogP contribution >= 0.6 is 0 Å². The minimum Gasteiger partial charge on any atom is -0.368 e. The number of rotatable bonds is 3. The molecule has 0 saturated heterocycles. The molecule has 0 atom stereocenters. The summed E-state index contributed by atoms with van der Waals surface area (Å²) in [6.07, 6.45) is 0. The molecule has 0 bridgehead atoms. The number of hydrogen-bond acceptors (Lipinski definition) is 6. The molecule has 1 rings (SSSR count). The van der Waals surface area contributed by atoms with Crippen LogP contribution in [0.25, 0.3) is 0 Å². The lowest BCUT2D eigenvalue weighted by Gasteiger charge is -2.03. The van der Waals surface area contributed by atoms with E-state index in [4.69, 9.17) is 5.73 Å². The van der Waals surface area contributed by atoms with Gasteiger partial charge < -0.3 is 16.4 Å². The van der Waals surface area contributed by atoms with E-state index < -0.39 is 0 Å². The van der Waals surface area contributed by atoms with E-state index in [0.29, 0.717) is 11.9 Å². The van der Waals surface area contributed by atoms with Crippen molar-refractivity contribution in [2.24, 2.45) is 0 Å². The van der Waals surface area contributed by atoms with Crippen LogP contribution in [-0.4, -0.2) is 28.5 Å². The topological polar surface area (TPSA) is 88.8 Å². The van der Waals surface area contributed by atoms with Crippen LogP contribution in [0.1, 0.15) is 6.92 Å². The Hall–Kier alpha value is -1.59. The fraction of sp³-hybridized carbons (Fsp3) is 0.500. The first-order valence-corrected chi connectivity index (χ1v) is 3.69. The maximum absolute atomic E-state index is 5.42. The summed E-state index contributed by atoms with van der Waals surface area (Å²) in [5.74, 6) is 1.18. The van der Waals surface area contributed by atoms with Crippen LogP contribution in [-0.2, 0) is 0 Å². The molecule has 0 aromatic carbocycles. The number of hydrogen-bond donors (Lipinski definition) is 3. The van der Waals surface area contributed by atoms with Crippen LogP contribution in [0.3, 0.4) is 0 Å². The van der Waals surface area contributed by atoms with E-state index in [0.717, 1.165) is 6.54 Å². The Balaban J connectivity index is 2.90. The summed E-state index contributed by atoms with van der Waals surface area (Å²) < 4.78 is 0. The van der Waals surface area contributed by atoms with Gasteiger partial charge in [0.15, 0.2) is 0 Å². The van der Waals surface area contributed by atoms with Crippen molar-refractivity contribution in [3.8, 4) is 0 Å². The van der Waals surface area contributed by atoms with Gasteiger partial charge in [-0.15, -0.1) is 0 Å². The second kappa shape index (κ2) is 3.70. The highest BCUT2D eigenvalue weighted by molar-refractivity contribution is 5.39. The summed E-state index contributed by atoms with van der Waals surface area (Å²) in [6.45, 7) is 2.71. The van der Waals surface area contributed by atoms with Crippen molar-refractivity contribution >= 4 is 17.8 Å². The van der Waals surface area contributed by atoms with Crippen molar-refractivity contribution in [1.29, 1.82) is 0 Å². The van der Waals surface area contributed by atoms with Crippen LogP contribution in [0.2, 0.25) is 0 Å². The second-order valence-corrected chi connectivity index (χ2v) is 2.12. The maximum atomic E-state index is 5.42. The summed E-state index contributed by atoms with van der Waals surface area (Å²) in [4.78, 5) is 11.7. The minimum absolute atomic E-state index is 0.213. The normalized spacial score (nSPS) is 9.50. The third-order valence-corrected chi connectivity index (χ3v) is 1.21. The first-order valence-electron chi connectivity index (χ1n) is 3.69. The van der Waals surface area contributed by atoms with E-state index >= 15 is 0 Å². The minimum atomic E-state index is 0.213. The van der Waals surface area contributed by atoms with Gasteiger partial charge in [0.25, 0.3) is 0 Å². The monoisotopic (exact) mass is 168 g/mol. The molecule has 1 aromatic heterocycles. The standard InChI is InChI=1S/C6H12N6/c1-3-9-6-11-4(7)10-5(8-2)12-6/h3H2,1-2H3,(H4,7,8,9,10,11,12).